The van der Waals surface area contributed by atoms with E-state index in [1.54, 1.807) is 0 Å². The molecule has 3 heteroatoms. The highest BCUT2D eigenvalue weighted by atomic mass is 16.5. The number of hydrogen-bond donors (Lipinski definition) is 1. The molecule has 18 heavy (non-hydrogen) atoms. The van der Waals surface area contributed by atoms with Gasteiger partial charge in [0.2, 0.25) is 0 Å². The Morgan fingerprint density at radius 2 is 2.28 bits per heavy atom. The molecule has 1 atom stereocenters. The third-order valence-corrected chi connectivity index (χ3v) is 4.03. The van der Waals surface area contributed by atoms with E-state index in [-0.39, 0.29) is 0 Å². The fraction of sp³-hybridized carbons (Fsp3) is 0.467. The van der Waals surface area contributed by atoms with Gasteiger partial charge in [0.25, 0.3) is 0 Å². The van der Waals surface area contributed by atoms with Gasteiger partial charge in [0, 0.05) is 11.1 Å². The SMILES string of the molecule is CCC1COc2cccc3c(CCN)c(C)n1c23. The van der Waals surface area contributed by atoms with Crippen LogP contribution in [0, 0.1) is 6.92 Å². The third-order valence-electron chi connectivity index (χ3n) is 4.03. The lowest BCUT2D eigenvalue weighted by molar-refractivity contribution is 0.231. The molecular formula is C15H20N2O. The summed E-state index contributed by atoms with van der Waals surface area (Å²) in [5.74, 6) is 1.02. The van der Waals surface area contributed by atoms with E-state index >= 15 is 0 Å². The van der Waals surface area contributed by atoms with Crippen LogP contribution in [0.5, 0.6) is 5.75 Å². The zero-order valence-corrected chi connectivity index (χ0v) is 11.1. The minimum atomic E-state index is 0.453. The molecule has 1 aromatic carbocycles. The predicted octanol–water partition coefficient (Wildman–Crippen LogP) is 2.79. The number of hydrogen-bond acceptors (Lipinski definition) is 2. The van der Waals surface area contributed by atoms with Crippen molar-refractivity contribution in [3.63, 3.8) is 0 Å². The van der Waals surface area contributed by atoms with Crippen LogP contribution in [0.4, 0.5) is 0 Å². The van der Waals surface area contributed by atoms with Crippen LogP contribution >= 0.6 is 0 Å². The minimum Gasteiger partial charge on any atom is -0.489 e. The van der Waals surface area contributed by atoms with Gasteiger partial charge in [-0.15, -0.1) is 0 Å². The number of nitrogens with zero attached hydrogens (tertiary/aromatic N) is 1. The molecule has 1 aromatic heterocycles. The Kier molecular flexibility index (Phi) is 2.78. The Morgan fingerprint density at radius 3 is 3.00 bits per heavy atom. The van der Waals surface area contributed by atoms with Crippen LogP contribution in [0.15, 0.2) is 18.2 Å². The molecule has 0 radical (unpaired) electrons. The van der Waals surface area contributed by atoms with Gasteiger partial charge >= 0.3 is 0 Å². The van der Waals surface area contributed by atoms with Gasteiger partial charge in [0.1, 0.15) is 12.4 Å². The molecule has 96 valence electrons. The highest BCUT2D eigenvalue weighted by Gasteiger charge is 2.25. The Labute approximate surface area is 108 Å². The molecule has 0 saturated heterocycles. The maximum atomic E-state index is 5.89. The molecule has 2 heterocycles. The lowest BCUT2D eigenvalue weighted by atomic mass is 10.1. The van der Waals surface area contributed by atoms with Crippen molar-refractivity contribution < 1.29 is 4.74 Å². The summed E-state index contributed by atoms with van der Waals surface area (Å²) in [6, 6.07) is 6.78. The summed E-state index contributed by atoms with van der Waals surface area (Å²) in [6.07, 6.45) is 2.04. The maximum Gasteiger partial charge on any atom is 0.143 e. The number of aromatic nitrogens is 1. The first-order chi connectivity index (χ1) is 8.77. The van der Waals surface area contributed by atoms with Gasteiger partial charge in [-0.1, -0.05) is 19.1 Å². The minimum absolute atomic E-state index is 0.453. The number of rotatable bonds is 3. The lowest BCUT2D eigenvalue weighted by Gasteiger charge is -2.26. The van der Waals surface area contributed by atoms with Gasteiger partial charge in [-0.05, 0) is 37.9 Å². The van der Waals surface area contributed by atoms with Crippen molar-refractivity contribution in [2.75, 3.05) is 13.2 Å². The molecule has 0 fully saturated rings. The van der Waals surface area contributed by atoms with Crippen LogP contribution in [-0.4, -0.2) is 17.7 Å². The fourth-order valence-electron chi connectivity index (χ4n) is 3.12. The average Bonchev–Trinajstić information content (AvgIpc) is 2.68. The van der Waals surface area contributed by atoms with Crippen molar-refractivity contribution in [2.45, 2.75) is 32.7 Å². The van der Waals surface area contributed by atoms with Crippen molar-refractivity contribution in [1.82, 2.24) is 4.57 Å². The summed E-state index contributed by atoms with van der Waals surface area (Å²) in [7, 11) is 0. The summed E-state index contributed by atoms with van der Waals surface area (Å²) in [4.78, 5) is 0. The number of para-hydroxylation sites is 1. The fourth-order valence-corrected chi connectivity index (χ4v) is 3.12. The monoisotopic (exact) mass is 244 g/mol. The Morgan fingerprint density at radius 1 is 1.44 bits per heavy atom. The van der Waals surface area contributed by atoms with Crippen molar-refractivity contribution in [3.8, 4) is 5.75 Å². The van der Waals surface area contributed by atoms with Crippen LogP contribution in [0.3, 0.4) is 0 Å². The zero-order chi connectivity index (χ0) is 12.7. The molecule has 0 amide bonds. The molecule has 1 aliphatic heterocycles. The first kappa shape index (κ1) is 11.6. The van der Waals surface area contributed by atoms with Crippen LogP contribution < -0.4 is 10.5 Å². The summed E-state index contributed by atoms with van der Waals surface area (Å²) >= 11 is 0. The quantitative estimate of drug-likeness (QED) is 0.902. The molecule has 2 aromatic rings. The maximum absolute atomic E-state index is 5.89. The summed E-state index contributed by atoms with van der Waals surface area (Å²) in [5.41, 5.74) is 9.76. The summed E-state index contributed by atoms with van der Waals surface area (Å²) < 4.78 is 8.35. The normalized spacial score (nSPS) is 18.1. The van der Waals surface area contributed by atoms with Crippen LogP contribution in [0.25, 0.3) is 10.9 Å². The molecule has 0 spiro atoms. The van der Waals surface area contributed by atoms with E-state index in [0.29, 0.717) is 12.6 Å². The smallest absolute Gasteiger partial charge is 0.143 e. The second-order valence-corrected chi connectivity index (χ2v) is 5.00. The first-order valence-electron chi connectivity index (χ1n) is 6.73. The third kappa shape index (κ3) is 1.47. The van der Waals surface area contributed by atoms with E-state index in [0.717, 1.165) is 25.2 Å². The zero-order valence-electron chi connectivity index (χ0n) is 11.1. The number of benzene rings is 1. The van der Waals surface area contributed by atoms with E-state index in [2.05, 4.69) is 36.6 Å². The van der Waals surface area contributed by atoms with E-state index in [1.165, 1.54) is 22.2 Å². The molecule has 0 bridgehead atoms. The molecule has 3 rings (SSSR count). The van der Waals surface area contributed by atoms with Crippen LogP contribution in [0.2, 0.25) is 0 Å². The Hall–Kier alpha value is -1.48. The van der Waals surface area contributed by atoms with E-state index < -0.39 is 0 Å². The van der Waals surface area contributed by atoms with Crippen molar-refractivity contribution >= 4 is 10.9 Å². The molecule has 1 unspecified atom stereocenters. The number of ether oxygens (including phenoxy) is 1. The van der Waals surface area contributed by atoms with Gasteiger partial charge in [0.05, 0.1) is 11.6 Å². The second-order valence-electron chi connectivity index (χ2n) is 5.00. The first-order valence-corrected chi connectivity index (χ1v) is 6.73. The molecule has 0 saturated carbocycles. The van der Waals surface area contributed by atoms with Crippen molar-refractivity contribution in [3.05, 3.63) is 29.5 Å². The van der Waals surface area contributed by atoms with Crippen molar-refractivity contribution in [1.29, 1.82) is 0 Å². The van der Waals surface area contributed by atoms with Gasteiger partial charge in [0.15, 0.2) is 0 Å². The lowest BCUT2D eigenvalue weighted by Crippen LogP contribution is -2.22. The molecule has 3 nitrogen and oxygen atoms in total. The predicted molar refractivity (Wildman–Crippen MR) is 74.3 cm³/mol. The van der Waals surface area contributed by atoms with Crippen LogP contribution in [0.1, 0.15) is 30.6 Å². The van der Waals surface area contributed by atoms with E-state index in [1.807, 2.05) is 0 Å². The molecule has 1 aliphatic rings. The van der Waals surface area contributed by atoms with E-state index in [9.17, 15) is 0 Å². The Bertz CT molecular complexity index is 586. The highest BCUT2D eigenvalue weighted by molar-refractivity contribution is 5.91. The molecule has 0 aliphatic carbocycles. The van der Waals surface area contributed by atoms with Gasteiger partial charge in [-0.25, -0.2) is 0 Å². The standard InChI is InChI=1S/C15H20N2O/c1-3-11-9-18-14-6-4-5-13-12(7-8-16)10(2)17(11)15(13)14/h4-6,11H,3,7-9,16H2,1-2H3. The molecule has 2 N–H and O–H groups in total. The second kappa shape index (κ2) is 4.32. The topological polar surface area (TPSA) is 40.2 Å². The van der Waals surface area contributed by atoms with Crippen LogP contribution in [-0.2, 0) is 6.42 Å². The average molecular weight is 244 g/mol. The Balaban J connectivity index is 2.33. The summed E-state index contributed by atoms with van der Waals surface area (Å²) in [6.45, 7) is 5.90. The van der Waals surface area contributed by atoms with Gasteiger partial charge < -0.3 is 15.0 Å². The van der Waals surface area contributed by atoms with Gasteiger partial charge in [-0.3, -0.25) is 0 Å². The van der Waals surface area contributed by atoms with Crippen molar-refractivity contribution in [2.24, 2.45) is 5.73 Å². The highest BCUT2D eigenvalue weighted by Crippen LogP contribution is 2.39. The largest absolute Gasteiger partial charge is 0.489 e. The summed E-state index contributed by atoms with van der Waals surface area (Å²) in [5, 5.41) is 1.31. The molecular weight excluding hydrogens is 224 g/mol. The number of nitrogens with two attached hydrogens (primary N) is 1. The van der Waals surface area contributed by atoms with Gasteiger partial charge in [-0.2, -0.15) is 0 Å². The van der Waals surface area contributed by atoms with E-state index in [4.69, 9.17) is 10.5 Å².